The van der Waals surface area contributed by atoms with Crippen molar-refractivity contribution in [3.05, 3.63) is 105 Å². The number of rotatable bonds is 6. The molecule has 1 aromatic heterocycles. The van der Waals surface area contributed by atoms with Crippen LogP contribution in [0.25, 0.3) is 5.69 Å². The zero-order valence-electron chi connectivity index (χ0n) is 17.8. The van der Waals surface area contributed by atoms with Gasteiger partial charge in [0.1, 0.15) is 23.3 Å². The molecular formula is C24H20Cl2F3N3S. The molecule has 0 saturated heterocycles. The number of hydrogen-bond acceptors (Lipinski definition) is 3. The highest BCUT2D eigenvalue weighted by Crippen LogP contribution is 2.30. The molecule has 0 unspecified atom stereocenters. The maximum Gasteiger partial charge on any atom is 0.196 e. The van der Waals surface area contributed by atoms with E-state index in [0.717, 1.165) is 5.56 Å². The number of aromatic nitrogens is 3. The highest BCUT2D eigenvalue weighted by Gasteiger charge is 2.17. The molecule has 1 heterocycles. The third-order valence-electron chi connectivity index (χ3n) is 4.54. The number of benzene rings is 3. The summed E-state index contributed by atoms with van der Waals surface area (Å²) in [4.78, 5) is 0. The summed E-state index contributed by atoms with van der Waals surface area (Å²) in [6.07, 6.45) is 0.311. The molecule has 0 aliphatic heterocycles. The van der Waals surface area contributed by atoms with Gasteiger partial charge in [-0.1, -0.05) is 60.9 Å². The zero-order chi connectivity index (χ0) is 24.0. The van der Waals surface area contributed by atoms with E-state index in [1.54, 1.807) is 34.9 Å². The molecule has 0 bridgehead atoms. The van der Waals surface area contributed by atoms with E-state index in [0.29, 0.717) is 33.7 Å². The molecule has 0 spiro atoms. The lowest BCUT2D eigenvalue weighted by Gasteiger charge is -2.11. The van der Waals surface area contributed by atoms with Gasteiger partial charge in [-0.2, -0.15) is 0 Å². The molecule has 4 rings (SSSR count). The summed E-state index contributed by atoms with van der Waals surface area (Å²) in [6.45, 7) is 4.00. The SMILES string of the molecule is CC.Fc1ccc(-n2c(Cc3ccc(F)c(Cl)c3)nnc2SCc2c(F)cccc2Cl)cc1. The summed E-state index contributed by atoms with van der Waals surface area (Å²) in [5.41, 5.74) is 1.72. The number of thioether (sulfide) groups is 1. The van der Waals surface area contributed by atoms with E-state index in [9.17, 15) is 13.2 Å². The molecule has 4 aromatic rings. The lowest BCUT2D eigenvalue weighted by Crippen LogP contribution is -2.04. The molecule has 0 N–H and O–H groups in total. The van der Waals surface area contributed by atoms with Crippen LogP contribution in [0.2, 0.25) is 10.0 Å². The predicted octanol–water partition coefficient (Wildman–Crippen LogP) is 7.90. The average molecular weight is 510 g/mol. The van der Waals surface area contributed by atoms with E-state index >= 15 is 0 Å². The molecule has 0 aliphatic rings. The summed E-state index contributed by atoms with van der Waals surface area (Å²) in [6, 6.07) is 14.8. The zero-order valence-corrected chi connectivity index (χ0v) is 20.2. The summed E-state index contributed by atoms with van der Waals surface area (Å²) in [5.74, 6) is -0.530. The molecule has 3 nitrogen and oxygen atoms in total. The summed E-state index contributed by atoms with van der Waals surface area (Å²) < 4.78 is 42.9. The average Bonchev–Trinajstić information content (AvgIpc) is 3.20. The van der Waals surface area contributed by atoms with Crippen molar-refractivity contribution < 1.29 is 13.2 Å². The maximum absolute atomic E-state index is 14.2. The van der Waals surface area contributed by atoms with Gasteiger partial charge in [-0.3, -0.25) is 4.57 Å². The predicted molar refractivity (Wildman–Crippen MR) is 128 cm³/mol. The van der Waals surface area contributed by atoms with Gasteiger partial charge in [-0.05, 0) is 54.1 Å². The summed E-state index contributed by atoms with van der Waals surface area (Å²) in [5, 5.41) is 9.30. The second-order valence-corrected chi connectivity index (χ2v) is 8.38. The minimum Gasteiger partial charge on any atom is -0.274 e. The first kappa shape index (κ1) is 25.1. The van der Waals surface area contributed by atoms with Crippen molar-refractivity contribution in [2.45, 2.75) is 31.2 Å². The van der Waals surface area contributed by atoms with Gasteiger partial charge < -0.3 is 0 Å². The maximum atomic E-state index is 14.2. The van der Waals surface area contributed by atoms with Gasteiger partial charge in [0.05, 0.1) is 5.02 Å². The molecule has 0 amide bonds. The van der Waals surface area contributed by atoms with E-state index in [4.69, 9.17) is 23.2 Å². The van der Waals surface area contributed by atoms with Crippen molar-refractivity contribution in [3.8, 4) is 5.69 Å². The lowest BCUT2D eigenvalue weighted by molar-refractivity contribution is 0.617. The van der Waals surface area contributed by atoms with Gasteiger partial charge in [0, 0.05) is 28.4 Å². The highest BCUT2D eigenvalue weighted by atomic mass is 35.5. The van der Waals surface area contributed by atoms with E-state index in [1.807, 2.05) is 13.8 Å². The first-order valence-corrected chi connectivity index (χ1v) is 11.9. The minimum atomic E-state index is -0.511. The lowest BCUT2D eigenvalue weighted by atomic mass is 10.1. The quantitative estimate of drug-likeness (QED) is 0.247. The van der Waals surface area contributed by atoms with E-state index in [-0.39, 0.29) is 16.6 Å². The van der Waals surface area contributed by atoms with Gasteiger partial charge in [0.2, 0.25) is 0 Å². The van der Waals surface area contributed by atoms with Gasteiger partial charge in [0.15, 0.2) is 5.16 Å². The monoisotopic (exact) mass is 509 g/mol. The molecule has 0 saturated carbocycles. The van der Waals surface area contributed by atoms with Crippen molar-refractivity contribution in [2.24, 2.45) is 0 Å². The smallest absolute Gasteiger partial charge is 0.196 e. The van der Waals surface area contributed by atoms with Crippen LogP contribution >= 0.6 is 35.0 Å². The Kier molecular flexibility index (Phi) is 8.83. The molecule has 33 heavy (non-hydrogen) atoms. The molecule has 3 aromatic carbocycles. The normalized spacial score (nSPS) is 10.6. The van der Waals surface area contributed by atoms with Crippen LogP contribution in [0.15, 0.2) is 65.8 Å². The topological polar surface area (TPSA) is 30.7 Å². The molecule has 172 valence electrons. The van der Waals surface area contributed by atoms with E-state index < -0.39 is 11.6 Å². The number of nitrogens with zero attached hydrogens (tertiary/aromatic N) is 3. The first-order valence-electron chi connectivity index (χ1n) is 10.1. The van der Waals surface area contributed by atoms with Crippen molar-refractivity contribution in [3.63, 3.8) is 0 Å². The highest BCUT2D eigenvalue weighted by molar-refractivity contribution is 7.98. The Labute approximate surface area is 204 Å². The Morgan fingerprint density at radius 2 is 1.58 bits per heavy atom. The third kappa shape index (κ3) is 6.10. The van der Waals surface area contributed by atoms with Crippen molar-refractivity contribution in [1.29, 1.82) is 0 Å². The van der Waals surface area contributed by atoms with Crippen LogP contribution in [0.1, 0.15) is 30.8 Å². The molecule has 9 heteroatoms. The van der Waals surface area contributed by atoms with E-state index in [2.05, 4.69) is 10.2 Å². The van der Waals surface area contributed by atoms with E-state index in [1.165, 1.54) is 42.1 Å². The second kappa shape index (κ2) is 11.6. The van der Waals surface area contributed by atoms with Crippen LogP contribution in [0.4, 0.5) is 13.2 Å². The van der Waals surface area contributed by atoms with Crippen LogP contribution in [-0.2, 0) is 12.2 Å². The number of halogens is 5. The minimum absolute atomic E-state index is 0.00846. The van der Waals surface area contributed by atoms with Gasteiger partial charge >= 0.3 is 0 Å². The van der Waals surface area contributed by atoms with Crippen molar-refractivity contribution in [1.82, 2.24) is 14.8 Å². The van der Waals surface area contributed by atoms with Gasteiger partial charge in [-0.15, -0.1) is 10.2 Å². The first-order chi connectivity index (χ1) is 15.9. The van der Waals surface area contributed by atoms with Crippen LogP contribution in [-0.4, -0.2) is 14.8 Å². The Morgan fingerprint density at radius 3 is 2.24 bits per heavy atom. The Morgan fingerprint density at radius 1 is 0.848 bits per heavy atom. The second-order valence-electron chi connectivity index (χ2n) is 6.62. The molecule has 0 atom stereocenters. The van der Waals surface area contributed by atoms with Gasteiger partial charge in [-0.25, -0.2) is 13.2 Å². The summed E-state index contributed by atoms with van der Waals surface area (Å²) >= 11 is 13.3. The standard InChI is InChI=1S/C22H14Cl2F3N3S.C2H6/c23-17-2-1-3-19(26)16(17)12-31-22-29-28-21(11-13-4-9-20(27)18(24)10-13)30(22)15-7-5-14(25)6-8-15;1-2/h1-10H,11-12H2;1-2H3. The fourth-order valence-corrected chi connectivity index (χ4v) is 4.51. The molecule has 0 aliphatic carbocycles. The Bertz CT molecular complexity index is 1210. The molecular weight excluding hydrogens is 490 g/mol. The third-order valence-corrected chi connectivity index (χ3v) is 6.14. The Balaban J connectivity index is 0.00000149. The largest absolute Gasteiger partial charge is 0.274 e. The Hall–Kier alpha value is -2.48. The van der Waals surface area contributed by atoms with Crippen molar-refractivity contribution in [2.75, 3.05) is 0 Å². The number of hydrogen-bond donors (Lipinski definition) is 0. The molecule has 0 radical (unpaired) electrons. The van der Waals surface area contributed by atoms with Gasteiger partial charge in [0.25, 0.3) is 0 Å². The van der Waals surface area contributed by atoms with Crippen LogP contribution in [0.5, 0.6) is 0 Å². The van der Waals surface area contributed by atoms with Crippen molar-refractivity contribution >= 4 is 35.0 Å². The molecule has 0 fully saturated rings. The van der Waals surface area contributed by atoms with Crippen LogP contribution < -0.4 is 0 Å². The van der Waals surface area contributed by atoms with Crippen LogP contribution in [0, 0.1) is 17.5 Å². The fraction of sp³-hybridized carbons (Fsp3) is 0.167. The summed E-state index contributed by atoms with van der Waals surface area (Å²) in [7, 11) is 0. The van der Waals surface area contributed by atoms with Crippen LogP contribution in [0.3, 0.4) is 0 Å². The fourth-order valence-electron chi connectivity index (χ4n) is 3.00.